The first-order chi connectivity index (χ1) is 12.4. The number of ketones is 1. The smallest absolute Gasteiger partial charge is 0.319 e. The number of hydrogen-bond acceptors (Lipinski definition) is 5. The van der Waals surface area contributed by atoms with Gasteiger partial charge in [0.1, 0.15) is 5.25 Å². The van der Waals surface area contributed by atoms with Crippen molar-refractivity contribution in [1.82, 2.24) is 0 Å². The Bertz CT molecular complexity index is 774. The third kappa shape index (κ3) is 5.74. The average molecular weight is 371 g/mol. The zero-order chi connectivity index (χ0) is 19.1. The number of carbonyl (C=O) groups excluding carboxylic acids is 3. The normalized spacial score (nSPS) is 12.7. The van der Waals surface area contributed by atoms with Crippen molar-refractivity contribution in [2.75, 3.05) is 5.32 Å². The third-order valence-corrected chi connectivity index (χ3v) is 4.70. The van der Waals surface area contributed by atoms with E-state index in [1.165, 1.54) is 25.6 Å². The summed E-state index contributed by atoms with van der Waals surface area (Å²) in [5.41, 5.74) is 1.10. The van der Waals surface area contributed by atoms with Gasteiger partial charge in [-0.3, -0.25) is 14.4 Å². The van der Waals surface area contributed by atoms with Crippen LogP contribution in [0.2, 0.25) is 0 Å². The van der Waals surface area contributed by atoms with Gasteiger partial charge in [-0.05, 0) is 57.2 Å². The second kappa shape index (κ2) is 9.20. The number of ether oxygens (including phenoxy) is 1. The Hall–Kier alpha value is -2.60. The molecule has 1 N–H and O–H groups in total. The zero-order valence-corrected chi connectivity index (χ0v) is 15.7. The molecule has 6 heteroatoms. The molecule has 0 bridgehead atoms. The van der Waals surface area contributed by atoms with Crippen LogP contribution >= 0.6 is 11.8 Å². The number of esters is 1. The fraction of sp³-hybridized carbons (Fsp3) is 0.250. The van der Waals surface area contributed by atoms with Crippen LogP contribution in [0.1, 0.15) is 31.1 Å². The molecule has 0 unspecified atom stereocenters. The van der Waals surface area contributed by atoms with Gasteiger partial charge in [-0.15, -0.1) is 11.8 Å². The summed E-state index contributed by atoms with van der Waals surface area (Å²) in [5, 5.41) is 2.24. The van der Waals surface area contributed by atoms with Gasteiger partial charge in [-0.1, -0.05) is 18.2 Å². The van der Waals surface area contributed by atoms with Crippen LogP contribution in [0, 0.1) is 0 Å². The Morgan fingerprint density at radius 2 is 1.58 bits per heavy atom. The highest BCUT2D eigenvalue weighted by molar-refractivity contribution is 8.00. The summed E-state index contributed by atoms with van der Waals surface area (Å²) in [6, 6.07) is 16.1. The van der Waals surface area contributed by atoms with Crippen molar-refractivity contribution in [3.63, 3.8) is 0 Å². The van der Waals surface area contributed by atoms with Crippen LogP contribution in [0.3, 0.4) is 0 Å². The van der Waals surface area contributed by atoms with Crippen molar-refractivity contribution < 1.29 is 19.1 Å². The highest BCUT2D eigenvalue weighted by Crippen LogP contribution is 2.23. The SMILES string of the molecule is CC(=O)c1ccc(NC(=O)[C@@H](C)OC(=O)[C@H](C)Sc2ccccc2)cc1. The molecule has 0 saturated carbocycles. The van der Waals surface area contributed by atoms with Gasteiger partial charge < -0.3 is 10.1 Å². The molecule has 2 aromatic carbocycles. The van der Waals surface area contributed by atoms with E-state index in [9.17, 15) is 14.4 Å². The summed E-state index contributed by atoms with van der Waals surface area (Å²) >= 11 is 1.38. The summed E-state index contributed by atoms with van der Waals surface area (Å²) in [7, 11) is 0. The van der Waals surface area contributed by atoms with Crippen LogP contribution in [0.4, 0.5) is 5.69 Å². The van der Waals surface area contributed by atoms with Gasteiger partial charge in [0, 0.05) is 16.1 Å². The summed E-state index contributed by atoms with van der Waals surface area (Å²) < 4.78 is 5.25. The molecule has 2 atom stereocenters. The van der Waals surface area contributed by atoms with Crippen molar-refractivity contribution in [1.29, 1.82) is 0 Å². The Morgan fingerprint density at radius 3 is 2.15 bits per heavy atom. The number of rotatable bonds is 7. The minimum absolute atomic E-state index is 0.0462. The molecular weight excluding hydrogens is 350 g/mol. The average Bonchev–Trinajstić information content (AvgIpc) is 2.62. The van der Waals surface area contributed by atoms with Gasteiger partial charge in [-0.2, -0.15) is 0 Å². The van der Waals surface area contributed by atoms with Gasteiger partial charge in [0.05, 0.1) is 0 Å². The van der Waals surface area contributed by atoms with Gasteiger partial charge in [-0.25, -0.2) is 0 Å². The van der Waals surface area contributed by atoms with Crippen LogP contribution in [0.15, 0.2) is 59.5 Å². The van der Waals surface area contributed by atoms with Crippen LogP contribution < -0.4 is 5.32 Å². The molecule has 2 rings (SSSR count). The third-order valence-electron chi connectivity index (χ3n) is 3.61. The van der Waals surface area contributed by atoms with Gasteiger partial charge >= 0.3 is 5.97 Å². The van der Waals surface area contributed by atoms with Gasteiger partial charge in [0.2, 0.25) is 0 Å². The lowest BCUT2D eigenvalue weighted by Crippen LogP contribution is -2.32. The Kier molecular flexibility index (Phi) is 6.97. The zero-order valence-electron chi connectivity index (χ0n) is 14.9. The number of Topliss-reactive ketones (excluding diaryl/α,β-unsaturated/α-hetero) is 1. The van der Waals surface area contributed by atoms with Gasteiger partial charge in [0.25, 0.3) is 5.91 Å². The predicted molar refractivity (Wildman–Crippen MR) is 102 cm³/mol. The number of hydrogen-bond donors (Lipinski definition) is 1. The number of amides is 1. The number of anilines is 1. The maximum absolute atomic E-state index is 12.2. The largest absolute Gasteiger partial charge is 0.452 e. The molecule has 0 aromatic heterocycles. The Labute approximate surface area is 157 Å². The number of carbonyl (C=O) groups is 3. The molecule has 0 fully saturated rings. The maximum atomic E-state index is 12.2. The van der Waals surface area contributed by atoms with E-state index >= 15 is 0 Å². The van der Waals surface area contributed by atoms with Crippen molar-refractivity contribution in [2.24, 2.45) is 0 Å². The Balaban J connectivity index is 1.87. The second-order valence-electron chi connectivity index (χ2n) is 5.78. The lowest BCUT2D eigenvalue weighted by Gasteiger charge is -2.16. The fourth-order valence-electron chi connectivity index (χ4n) is 2.11. The van der Waals surface area contributed by atoms with Crippen molar-refractivity contribution in [2.45, 2.75) is 37.0 Å². The standard InChI is InChI=1S/C20H21NO4S/c1-13(22)16-9-11-17(12-10-16)21-19(23)14(2)25-20(24)15(3)26-18-7-5-4-6-8-18/h4-12,14-15H,1-3H3,(H,21,23)/t14-,15+/m1/s1. The number of nitrogens with one attached hydrogen (secondary N) is 1. The summed E-state index contributed by atoms with van der Waals surface area (Å²) in [5.74, 6) is -0.922. The molecule has 0 spiro atoms. The first-order valence-electron chi connectivity index (χ1n) is 8.21. The maximum Gasteiger partial charge on any atom is 0.319 e. The molecule has 136 valence electrons. The first-order valence-corrected chi connectivity index (χ1v) is 9.09. The fourth-order valence-corrected chi connectivity index (χ4v) is 2.98. The molecule has 0 radical (unpaired) electrons. The molecule has 0 aliphatic heterocycles. The van der Waals surface area contributed by atoms with E-state index in [-0.39, 0.29) is 5.78 Å². The van der Waals surface area contributed by atoms with E-state index in [0.29, 0.717) is 11.3 Å². The lowest BCUT2D eigenvalue weighted by atomic mass is 10.1. The highest BCUT2D eigenvalue weighted by atomic mass is 32.2. The van der Waals surface area contributed by atoms with E-state index in [1.807, 2.05) is 30.3 Å². The Morgan fingerprint density at radius 1 is 0.962 bits per heavy atom. The van der Waals surface area contributed by atoms with Gasteiger partial charge in [0.15, 0.2) is 11.9 Å². The van der Waals surface area contributed by atoms with Crippen LogP contribution in [0.25, 0.3) is 0 Å². The quantitative estimate of drug-likeness (QED) is 0.453. The minimum atomic E-state index is -0.922. The van der Waals surface area contributed by atoms with E-state index < -0.39 is 23.2 Å². The van der Waals surface area contributed by atoms with Crippen molar-refractivity contribution in [3.8, 4) is 0 Å². The summed E-state index contributed by atoms with van der Waals surface area (Å²) in [6.45, 7) is 4.74. The number of benzene rings is 2. The molecule has 26 heavy (non-hydrogen) atoms. The van der Waals surface area contributed by atoms with Crippen LogP contribution in [-0.4, -0.2) is 29.0 Å². The van der Waals surface area contributed by atoms with E-state index in [1.54, 1.807) is 31.2 Å². The first kappa shape index (κ1) is 19.7. The minimum Gasteiger partial charge on any atom is -0.452 e. The molecule has 5 nitrogen and oxygen atoms in total. The highest BCUT2D eigenvalue weighted by Gasteiger charge is 2.22. The molecule has 0 saturated heterocycles. The molecular formula is C20H21NO4S. The van der Waals surface area contributed by atoms with Crippen LogP contribution in [0.5, 0.6) is 0 Å². The van der Waals surface area contributed by atoms with Crippen LogP contribution in [-0.2, 0) is 14.3 Å². The predicted octanol–water partition coefficient (Wildman–Crippen LogP) is 3.94. The molecule has 2 aromatic rings. The second-order valence-corrected chi connectivity index (χ2v) is 7.19. The van der Waals surface area contributed by atoms with E-state index in [2.05, 4.69) is 5.32 Å². The molecule has 0 aliphatic rings. The summed E-state index contributed by atoms with van der Waals surface area (Å²) in [4.78, 5) is 36.6. The summed E-state index contributed by atoms with van der Waals surface area (Å²) in [6.07, 6.45) is -0.922. The van der Waals surface area contributed by atoms with Crippen molar-refractivity contribution in [3.05, 3.63) is 60.2 Å². The number of thioether (sulfide) groups is 1. The lowest BCUT2D eigenvalue weighted by molar-refractivity contribution is -0.152. The molecule has 0 heterocycles. The topological polar surface area (TPSA) is 72.5 Å². The van der Waals surface area contributed by atoms with E-state index in [4.69, 9.17) is 4.74 Å². The monoisotopic (exact) mass is 371 g/mol. The van der Waals surface area contributed by atoms with Crippen molar-refractivity contribution >= 4 is 35.1 Å². The molecule has 0 aliphatic carbocycles. The molecule has 1 amide bonds. The van der Waals surface area contributed by atoms with E-state index in [0.717, 1.165) is 4.90 Å².